The van der Waals surface area contributed by atoms with E-state index in [0.29, 0.717) is 6.42 Å². The maximum Gasteiger partial charge on any atom is 0.131 e. The molecule has 0 aromatic heterocycles. The Kier molecular flexibility index (Phi) is 4.33. The number of hydrogen-bond acceptors (Lipinski definition) is 2. The highest BCUT2D eigenvalue weighted by Crippen LogP contribution is 2.22. The molecule has 0 N–H and O–H groups in total. The molecular formula is C12H16BrNO. The molecule has 2 nitrogen and oxygen atoms in total. The number of halogens is 1. The van der Waals surface area contributed by atoms with Gasteiger partial charge in [0.15, 0.2) is 0 Å². The number of Topliss-reactive ketones (excluding diaryl/α,β-unsaturated/α-hetero) is 1. The maximum absolute atomic E-state index is 10.9. The van der Waals surface area contributed by atoms with E-state index < -0.39 is 0 Å². The van der Waals surface area contributed by atoms with Crippen molar-refractivity contribution in [1.29, 1.82) is 0 Å². The van der Waals surface area contributed by atoms with E-state index in [1.807, 2.05) is 13.1 Å². The van der Waals surface area contributed by atoms with Crippen molar-refractivity contribution in [3.8, 4) is 0 Å². The molecule has 1 rings (SSSR count). The van der Waals surface area contributed by atoms with Crippen molar-refractivity contribution in [3.63, 3.8) is 0 Å². The Bertz CT molecular complexity index is 363. The molecule has 0 amide bonds. The number of rotatable bonds is 4. The molecule has 1 aromatic carbocycles. The number of ketones is 1. The van der Waals surface area contributed by atoms with Crippen LogP contribution in [0.25, 0.3) is 0 Å². The molecule has 1 aromatic rings. The molecule has 0 atom stereocenters. The summed E-state index contributed by atoms with van der Waals surface area (Å²) in [5, 5.41) is 0. The third-order valence-electron chi connectivity index (χ3n) is 2.38. The average Bonchev–Trinajstić information content (AvgIpc) is 2.18. The van der Waals surface area contributed by atoms with Crippen LogP contribution in [0.1, 0.15) is 18.9 Å². The van der Waals surface area contributed by atoms with Crippen LogP contribution in [0.2, 0.25) is 0 Å². The first-order valence-corrected chi connectivity index (χ1v) is 5.76. The Morgan fingerprint density at radius 2 is 2.13 bits per heavy atom. The van der Waals surface area contributed by atoms with E-state index in [1.165, 1.54) is 5.56 Å². The first kappa shape index (κ1) is 12.2. The normalized spacial score (nSPS) is 10.1. The Morgan fingerprint density at radius 1 is 1.47 bits per heavy atom. The Hall–Kier alpha value is -0.830. The molecule has 82 valence electrons. The average molecular weight is 270 g/mol. The lowest BCUT2D eigenvalue weighted by molar-refractivity contribution is -0.116. The van der Waals surface area contributed by atoms with Crippen LogP contribution in [-0.4, -0.2) is 19.4 Å². The molecule has 0 spiro atoms. The van der Waals surface area contributed by atoms with Crippen molar-refractivity contribution in [2.45, 2.75) is 20.3 Å². The van der Waals surface area contributed by atoms with Gasteiger partial charge in [0, 0.05) is 30.2 Å². The van der Waals surface area contributed by atoms with Gasteiger partial charge >= 0.3 is 0 Å². The Labute approximate surface area is 99.4 Å². The quantitative estimate of drug-likeness (QED) is 0.837. The largest absolute Gasteiger partial charge is 0.374 e. The predicted molar refractivity (Wildman–Crippen MR) is 67.4 cm³/mol. The molecule has 0 radical (unpaired) electrons. The third kappa shape index (κ3) is 3.67. The zero-order valence-corrected chi connectivity index (χ0v) is 11.0. The minimum Gasteiger partial charge on any atom is -0.374 e. The maximum atomic E-state index is 10.9. The summed E-state index contributed by atoms with van der Waals surface area (Å²) in [5.41, 5.74) is 2.36. The molecule has 0 aliphatic heterocycles. The van der Waals surface area contributed by atoms with Crippen molar-refractivity contribution in [1.82, 2.24) is 0 Å². The van der Waals surface area contributed by atoms with Crippen molar-refractivity contribution in [2.24, 2.45) is 0 Å². The first-order valence-electron chi connectivity index (χ1n) is 4.97. The van der Waals surface area contributed by atoms with Crippen LogP contribution >= 0.6 is 15.9 Å². The number of nitrogens with zero attached hydrogens (tertiary/aromatic N) is 1. The fourth-order valence-electron chi connectivity index (χ4n) is 1.32. The number of anilines is 1. The zero-order chi connectivity index (χ0) is 11.4. The number of carbonyl (C=O) groups excluding carboxylic acids is 1. The third-order valence-corrected chi connectivity index (χ3v) is 3.27. The lowest BCUT2D eigenvalue weighted by Gasteiger charge is -2.19. The molecule has 0 saturated carbocycles. The van der Waals surface area contributed by atoms with Gasteiger partial charge in [-0.05, 0) is 37.6 Å². The van der Waals surface area contributed by atoms with Crippen LogP contribution in [-0.2, 0) is 4.79 Å². The van der Waals surface area contributed by atoms with Crippen molar-refractivity contribution >= 4 is 27.4 Å². The van der Waals surface area contributed by atoms with E-state index in [-0.39, 0.29) is 5.78 Å². The summed E-state index contributed by atoms with van der Waals surface area (Å²) in [5.74, 6) is 0.232. The van der Waals surface area contributed by atoms with Crippen LogP contribution in [0.3, 0.4) is 0 Å². The van der Waals surface area contributed by atoms with Gasteiger partial charge in [0.05, 0.1) is 0 Å². The number of hydrogen-bond donors (Lipinski definition) is 0. The molecule has 0 saturated heterocycles. The predicted octanol–water partition coefficient (Wildman–Crippen LogP) is 3.17. The topological polar surface area (TPSA) is 20.3 Å². The summed E-state index contributed by atoms with van der Waals surface area (Å²) in [6.07, 6.45) is 0.603. The second-order valence-corrected chi connectivity index (χ2v) is 4.66. The molecule has 0 heterocycles. The molecule has 0 fully saturated rings. The fourth-order valence-corrected chi connectivity index (χ4v) is 1.57. The van der Waals surface area contributed by atoms with Gasteiger partial charge in [0.2, 0.25) is 0 Å². The molecule has 0 aliphatic rings. The van der Waals surface area contributed by atoms with Gasteiger partial charge in [-0.1, -0.05) is 15.9 Å². The highest BCUT2D eigenvalue weighted by molar-refractivity contribution is 9.10. The van der Waals surface area contributed by atoms with Crippen molar-refractivity contribution in [2.75, 3.05) is 18.5 Å². The summed E-state index contributed by atoms with van der Waals surface area (Å²) in [7, 11) is 2.01. The summed E-state index contributed by atoms with van der Waals surface area (Å²) in [6.45, 7) is 4.46. The molecular weight excluding hydrogens is 254 g/mol. The van der Waals surface area contributed by atoms with Gasteiger partial charge in [0.1, 0.15) is 5.78 Å². The second kappa shape index (κ2) is 5.31. The van der Waals surface area contributed by atoms with E-state index in [9.17, 15) is 4.79 Å². The van der Waals surface area contributed by atoms with Crippen LogP contribution in [0.4, 0.5) is 5.69 Å². The molecule has 0 aliphatic carbocycles. The smallest absolute Gasteiger partial charge is 0.131 e. The molecule has 15 heavy (non-hydrogen) atoms. The summed E-state index contributed by atoms with van der Waals surface area (Å²) >= 11 is 3.47. The Balaban J connectivity index is 2.69. The lowest BCUT2D eigenvalue weighted by Crippen LogP contribution is -2.20. The van der Waals surface area contributed by atoms with E-state index >= 15 is 0 Å². The minimum atomic E-state index is 0.232. The number of aryl methyl sites for hydroxylation is 1. The van der Waals surface area contributed by atoms with Gasteiger partial charge in [-0.3, -0.25) is 4.79 Å². The van der Waals surface area contributed by atoms with Crippen LogP contribution < -0.4 is 4.90 Å². The van der Waals surface area contributed by atoms with Crippen LogP contribution in [0.15, 0.2) is 22.7 Å². The zero-order valence-electron chi connectivity index (χ0n) is 9.38. The number of carbonyl (C=O) groups is 1. The molecule has 3 heteroatoms. The van der Waals surface area contributed by atoms with Gasteiger partial charge in [-0.25, -0.2) is 0 Å². The minimum absolute atomic E-state index is 0.232. The van der Waals surface area contributed by atoms with E-state index in [0.717, 1.165) is 16.7 Å². The van der Waals surface area contributed by atoms with E-state index in [2.05, 4.69) is 39.9 Å². The van der Waals surface area contributed by atoms with Gasteiger partial charge in [-0.2, -0.15) is 0 Å². The molecule has 0 bridgehead atoms. The monoisotopic (exact) mass is 269 g/mol. The number of benzene rings is 1. The van der Waals surface area contributed by atoms with Gasteiger partial charge in [-0.15, -0.1) is 0 Å². The van der Waals surface area contributed by atoms with Crippen LogP contribution in [0, 0.1) is 6.92 Å². The highest BCUT2D eigenvalue weighted by Gasteiger charge is 2.03. The summed E-state index contributed by atoms with van der Waals surface area (Å²) in [6, 6.07) is 6.20. The van der Waals surface area contributed by atoms with Gasteiger partial charge < -0.3 is 4.90 Å². The first-order chi connectivity index (χ1) is 7.00. The van der Waals surface area contributed by atoms with Crippen molar-refractivity contribution < 1.29 is 4.79 Å². The lowest BCUT2D eigenvalue weighted by atomic mass is 10.2. The van der Waals surface area contributed by atoms with Crippen molar-refractivity contribution in [3.05, 3.63) is 28.2 Å². The second-order valence-electron chi connectivity index (χ2n) is 3.81. The van der Waals surface area contributed by atoms with E-state index in [1.54, 1.807) is 6.92 Å². The van der Waals surface area contributed by atoms with Crippen LogP contribution in [0.5, 0.6) is 0 Å². The summed E-state index contributed by atoms with van der Waals surface area (Å²) in [4.78, 5) is 13.0. The fraction of sp³-hybridized carbons (Fsp3) is 0.417. The highest BCUT2D eigenvalue weighted by atomic mass is 79.9. The SMILES string of the molecule is CC(=O)CCN(C)c1ccc(Br)c(C)c1. The van der Waals surface area contributed by atoms with E-state index in [4.69, 9.17) is 0 Å². The van der Waals surface area contributed by atoms with Gasteiger partial charge in [0.25, 0.3) is 0 Å². The standard InChI is InChI=1S/C12H16BrNO/c1-9-8-11(4-5-12(9)13)14(3)7-6-10(2)15/h4-5,8H,6-7H2,1-3H3. The Morgan fingerprint density at radius 3 is 2.67 bits per heavy atom. The summed E-state index contributed by atoms with van der Waals surface area (Å²) < 4.78 is 1.12. The molecule has 0 unspecified atom stereocenters.